The minimum Gasteiger partial charge on any atom is -0.368 e. The lowest BCUT2D eigenvalue weighted by molar-refractivity contribution is -0.384. The standard InChI is InChI=1S/C11H17N5O2/c1-2-8-5-3-4-6-15(8)10-9(16(17)18)7-13-11(12)14-10/h7-8H,2-6H2,1H3,(H2,12,13,14). The number of hydrogen-bond donors (Lipinski definition) is 1. The molecule has 1 unspecified atom stereocenters. The molecule has 2 N–H and O–H groups in total. The molecule has 1 aliphatic rings. The largest absolute Gasteiger partial charge is 0.368 e. The number of nitrogens with two attached hydrogens (primary N) is 1. The average Bonchev–Trinajstić information content (AvgIpc) is 2.38. The molecule has 1 saturated heterocycles. The van der Waals surface area contributed by atoms with E-state index in [0.29, 0.717) is 11.9 Å². The Labute approximate surface area is 105 Å². The van der Waals surface area contributed by atoms with E-state index in [9.17, 15) is 10.1 Å². The van der Waals surface area contributed by atoms with Crippen LogP contribution in [-0.2, 0) is 0 Å². The molecule has 0 amide bonds. The van der Waals surface area contributed by atoms with Gasteiger partial charge < -0.3 is 10.6 Å². The van der Waals surface area contributed by atoms with Gasteiger partial charge in [0.25, 0.3) is 0 Å². The Balaban J connectivity index is 2.41. The van der Waals surface area contributed by atoms with Crippen LogP contribution in [0.25, 0.3) is 0 Å². The molecule has 0 aromatic carbocycles. The van der Waals surface area contributed by atoms with Crippen molar-refractivity contribution >= 4 is 17.5 Å². The molecule has 98 valence electrons. The molecule has 0 radical (unpaired) electrons. The number of nitrogens with zero attached hydrogens (tertiary/aromatic N) is 4. The zero-order valence-electron chi connectivity index (χ0n) is 10.4. The van der Waals surface area contributed by atoms with E-state index in [0.717, 1.165) is 32.2 Å². The summed E-state index contributed by atoms with van der Waals surface area (Å²) in [6.45, 7) is 2.87. The molecule has 1 aromatic rings. The molecule has 1 fully saturated rings. The predicted octanol–water partition coefficient (Wildman–Crippen LogP) is 1.74. The van der Waals surface area contributed by atoms with Gasteiger partial charge in [-0.15, -0.1) is 0 Å². The van der Waals surface area contributed by atoms with Crippen molar-refractivity contribution in [2.45, 2.75) is 38.6 Å². The third kappa shape index (κ3) is 2.34. The minimum absolute atomic E-state index is 0.0652. The Morgan fingerprint density at radius 1 is 1.61 bits per heavy atom. The number of aromatic nitrogens is 2. The monoisotopic (exact) mass is 251 g/mol. The summed E-state index contributed by atoms with van der Waals surface area (Å²) >= 11 is 0. The maximum Gasteiger partial charge on any atom is 0.329 e. The summed E-state index contributed by atoms with van der Waals surface area (Å²) in [6, 6.07) is 0.298. The third-order valence-electron chi connectivity index (χ3n) is 3.34. The Hall–Kier alpha value is -1.92. The lowest BCUT2D eigenvalue weighted by Gasteiger charge is -2.35. The van der Waals surface area contributed by atoms with Crippen molar-refractivity contribution in [2.75, 3.05) is 17.2 Å². The summed E-state index contributed by atoms with van der Waals surface area (Å²) < 4.78 is 0. The normalized spacial score (nSPS) is 19.8. The van der Waals surface area contributed by atoms with Crippen molar-refractivity contribution in [3.05, 3.63) is 16.3 Å². The van der Waals surface area contributed by atoms with Crippen molar-refractivity contribution < 1.29 is 4.92 Å². The third-order valence-corrected chi connectivity index (χ3v) is 3.34. The van der Waals surface area contributed by atoms with Gasteiger partial charge in [-0.1, -0.05) is 6.92 Å². The van der Waals surface area contributed by atoms with Gasteiger partial charge in [0.15, 0.2) is 0 Å². The topological polar surface area (TPSA) is 98.2 Å². The van der Waals surface area contributed by atoms with Crippen LogP contribution in [0.4, 0.5) is 17.5 Å². The number of nitro groups is 1. The molecular formula is C11H17N5O2. The first kappa shape index (κ1) is 12.5. The molecule has 2 rings (SSSR count). The van der Waals surface area contributed by atoms with Crippen LogP contribution in [0, 0.1) is 10.1 Å². The van der Waals surface area contributed by atoms with Crippen LogP contribution in [0.1, 0.15) is 32.6 Å². The van der Waals surface area contributed by atoms with Crippen LogP contribution < -0.4 is 10.6 Å². The van der Waals surface area contributed by atoms with Gasteiger partial charge in [-0.25, -0.2) is 4.98 Å². The first-order valence-corrected chi connectivity index (χ1v) is 6.17. The van der Waals surface area contributed by atoms with Gasteiger partial charge in [0.05, 0.1) is 4.92 Å². The summed E-state index contributed by atoms with van der Waals surface area (Å²) in [5.74, 6) is 0.440. The second kappa shape index (κ2) is 5.16. The lowest BCUT2D eigenvalue weighted by Crippen LogP contribution is -2.40. The first-order valence-electron chi connectivity index (χ1n) is 6.17. The number of anilines is 2. The van der Waals surface area contributed by atoms with Crippen molar-refractivity contribution in [1.82, 2.24) is 9.97 Å². The van der Waals surface area contributed by atoms with E-state index in [1.54, 1.807) is 0 Å². The van der Waals surface area contributed by atoms with Crippen molar-refractivity contribution in [1.29, 1.82) is 0 Å². The van der Waals surface area contributed by atoms with Gasteiger partial charge in [-0.3, -0.25) is 10.1 Å². The fourth-order valence-corrected chi connectivity index (χ4v) is 2.42. The SMILES string of the molecule is CCC1CCCCN1c1nc(N)ncc1[N+](=O)[O-]. The smallest absolute Gasteiger partial charge is 0.329 e. The highest BCUT2D eigenvalue weighted by molar-refractivity contribution is 5.59. The van der Waals surface area contributed by atoms with Crippen LogP contribution in [0.3, 0.4) is 0 Å². The summed E-state index contributed by atoms with van der Waals surface area (Å²) in [5.41, 5.74) is 5.48. The molecule has 7 nitrogen and oxygen atoms in total. The molecule has 0 aliphatic carbocycles. The van der Waals surface area contributed by atoms with Gasteiger partial charge in [-0.2, -0.15) is 4.98 Å². The van der Waals surface area contributed by atoms with E-state index in [1.807, 2.05) is 4.90 Å². The fourth-order valence-electron chi connectivity index (χ4n) is 2.42. The van der Waals surface area contributed by atoms with E-state index >= 15 is 0 Å². The summed E-state index contributed by atoms with van der Waals surface area (Å²) in [7, 11) is 0. The average molecular weight is 251 g/mol. The minimum atomic E-state index is -0.448. The predicted molar refractivity (Wildman–Crippen MR) is 68.4 cm³/mol. The summed E-state index contributed by atoms with van der Waals surface area (Å²) in [6.07, 6.45) is 5.36. The van der Waals surface area contributed by atoms with E-state index in [1.165, 1.54) is 6.20 Å². The number of nitrogen functional groups attached to an aromatic ring is 1. The van der Waals surface area contributed by atoms with E-state index in [-0.39, 0.29) is 11.6 Å². The van der Waals surface area contributed by atoms with Gasteiger partial charge in [0.2, 0.25) is 11.8 Å². The van der Waals surface area contributed by atoms with Crippen LogP contribution in [0.15, 0.2) is 6.20 Å². The molecule has 0 spiro atoms. The number of piperidine rings is 1. The van der Waals surface area contributed by atoms with Crippen LogP contribution >= 0.6 is 0 Å². The second-order valence-electron chi connectivity index (χ2n) is 4.45. The molecule has 0 bridgehead atoms. The van der Waals surface area contributed by atoms with E-state index < -0.39 is 4.92 Å². The van der Waals surface area contributed by atoms with E-state index in [4.69, 9.17) is 5.73 Å². The van der Waals surface area contributed by atoms with Crippen molar-refractivity contribution in [3.8, 4) is 0 Å². The lowest BCUT2D eigenvalue weighted by atomic mass is 10.00. The number of hydrogen-bond acceptors (Lipinski definition) is 6. The Morgan fingerprint density at radius 2 is 2.39 bits per heavy atom. The van der Waals surface area contributed by atoms with Crippen LogP contribution in [-0.4, -0.2) is 27.5 Å². The highest BCUT2D eigenvalue weighted by Gasteiger charge is 2.29. The maximum atomic E-state index is 11.0. The van der Waals surface area contributed by atoms with Gasteiger partial charge in [-0.05, 0) is 25.7 Å². The Kier molecular flexibility index (Phi) is 3.59. The maximum absolute atomic E-state index is 11.0. The van der Waals surface area contributed by atoms with E-state index in [2.05, 4.69) is 16.9 Å². The molecular weight excluding hydrogens is 234 g/mol. The zero-order chi connectivity index (χ0) is 13.1. The molecule has 2 heterocycles. The summed E-state index contributed by atoms with van der Waals surface area (Å²) in [5, 5.41) is 11.0. The highest BCUT2D eigenvalue weighted by Crippen LogP contribution is 2.31. The molecule has 7 heteroatoms. The zero-order valence-corrected chi connectivity index (χ0v) is 10.4. The molecule has 0 saturated carbocycles. The molecule has 18 heavy (non-hydrogen) atoms. The van der Waals surface area contributed by atoms with Gasteiger partial charge >= 0.3 is 5.69 Å². The Morgan fingerprint density at radius 3 is 3.06 bits per heavy atom. The quantitative estimate of drug-likeness (QED) is 0.649. The molecule has 1 aliphatic heterocycles. The highest BCUT2D eigenvalue weighted by atomic mass is 16.6. The van der Waals surface area contributed by atoms with Crippen LogP contribution in [0.2, 0.25) is 0 Å². The molecule has 1 atom stereocenters. The molecule has 1 aromatic heterocycles. The number of rotatable bonds is 3. The fraction of sp³-hybridized carbons (Fsp3) is 0.636. The van der Waals surface area contributed by atoms with Crippen LogP contribution in [0.5, 0.6) is 0 Å². The van der Waals surface area contributed by atoms with Gasteiger partial charge in [0.1, 0.15) is 6.20 Å². The van der Waals surface area contributed by atoms with Crippen molar-refractivity contribution in [3.63, 3.8) is 0 Å². The Bertz CT molecular complexity index is 451. The summed E-state index contributed by atoms with van der Waals surface area (Å²) in [4.78, 5) is 20.4. The first-order chi connectivity index (χ1) is 8.63. The van der Waals surface area contributed by atoms with Gasteiger partial charge in [0, 0.05) is 12.6 Å². The van der Waals surface area contributed by atoms with Crippen molar-refractivity contribution in [2.24, 2.45) is 0 Å². The second-order valence-corrected chi connectivity index (χ2v) is 4.45.